The molecule has 2 heterocycles. The zero-order valence-electron chi connectivity index (χ0n) is 26.6. The molecule has 6 N–H and O–H groups in total. The molecule has 1 fully saturated rings. The van der Waals surface area contributed by atoms with E-state index < -0.39 is 24.3 Å². The summed E-state index contributed by atoms with van der Waals surface area (Å²) in [5, 5.41) is 31.1. The Morgan fingerprint density at radius 2 is 1.40 bits per heavy atom. The maximum absolute atomic E-state index is 13.1. The molecule has 1 aromatic heterocycles. The number of phenolic OH excluding ortho intramolecular Hbond substituents is 1. The number of thiazole rings is 1. The van der Waals surface area contributed by atoms with Crippen LogP contribution in [-0.4, -0.2) is 106 Å². The quantitative estimate of drug-likeness (QED) is 0.107. The molecule has 1 aliphatic heterocycles. The number of carboxylic acid groups (broad SMARTS) is 2. The number of thioether (sulfide) groups is 1. The smallest absolute Gasteiger partial charge is 0.490 e. The van der Waals surface area contributed by atoms with E-state index in [0.717, 1.165) is 78.4 Å². The zero-order valence-corrected chi connectivity index (χ0v) is 28.2. The van der Waals surface area contributed by atoms with Gasteiger partial charge in [-0.1, -0.05) is 47.7 Å². The van der Waals surface area contributed by atoms with Crippen LogP contribution in [0.3, 0.4) is 0 Å². The second-order valence-electron chi connectivity index (χ2n) is 10.7. The van der Waals surface area contributed by atoms with E-state index in [9.17, 15) is 41.0 Å². The molecule has 1 aliphatic rings. The molecule has 0 aliphatic carbocycles. The number of H-pyrrole nitrogens is 1. The number of phenols is 1. The number of hydrogen-bond acceptors (Lipinski definition) is 9. The first-order valence-electron chi connectivity index (χ1n) is 15.3. The molecule has 4 rings (SSSR count). The Morgan fingerprint density at radius 3 is 1.98 bits per heavy atom. The van der Waals surface area contributed by atoms with Crippen LogP contribution in [0.25, 0.3) is 10.2 Å². The fourth-order valence-corrected chi connectivity index (χ4v) is 6.65. The number of carbonyl (C=O) groups excluding carboxylic acids is 1. The van der Waals surface area contributed by atoms with Crippen molar-refractivity contribution in [3.8, 4) is 5.75 Å². The monoisotopic (exact) mass is 756 g/mol. The number of aliphatic carboxylic acids is 2. The number of amides is 1. The first kappa shape index (κ1) is 42.4. The molecule has 0 unspecified atom stereocenters. The van der Waals surface area contributed by atoms with Gasteiger partial charge in [-0.2, -0.15) is 38.1 Å². The predicted molar refractivity (Wildman–Crippen MR) is 178 cm³/mol. The van der Waals surface area contributed by atoms with E-state index in [0.29, 0.717) is 31.1 Å². The number of halogens is 6. The van der Waals surface area contributed by atoms with Crippen molar-refractivity contribution in [2.45, 2.75) is 50.5 Å². The maximum Gasteiger partial charge on any atom is 0.490 e. The van der Waals surface area contributed by atoms with Crippen molar-refractivity contribution in [3.63, 3.8) is 0 Å². The highest BCUT2D eigenvalue weighted by atomic mass is 32.2. The van der Waals surface area contributed by atoms with E-state index in [4.69, 9.17) is 19.8 Å². The highest BCUT2D eigenvalue weighted by Crippen LogP contribution is 2.28. The van der Waals surface area contributed by atoms with Crippen LogP contribution in [0.5, 0.6) is 5.75 Å². The maximum atomic E-state index is 13.1. The normalized spacial score (nSPS) is 13.5. The van der Waals surface area contributed by atoms with Crippen molar-refractivity contribution in [1.29, 1.82) is 0 Å². The van der Waals surface area contributed by atoms with Crippen LogP contribution in [0.1, 0.15) is 30.4 Å². The number of rotatable bonds is 13. The van der Waals surface area contributed by atoms with E-state index in [1.54, 1.807) is 6.07 Å². The number of fused-ring (bicyclic) bond motifs is 1. The van der Waals surface area contributed by atoms with Crippen LogP contribution in [0.2, 0.25) is 0 Å². The van der Waals surface area contributed by atoms with Crippen molar-refractivity contribution in [2.75, 3.05) is 44.2 Å². The lowest BCUT2D eigenvalue weighted by Crippen LogP contribution is -2.46. The summed E-state index contributed by atoms with van der Waals surface area (Å²) in [7, 11) is 0. The summed E-state index contributed by atoms with van der Waals surface area (Å²) < 4.78 is 64.3. The summed E-state index contributed by atoms with van der Waals surface area (Å²) >= 11 is 3.11. The van der Waals surface area contributed by atoms with Crippen LogP contribution in [-0.2, 0) is 27.2 Å². The molecule has 0 saturated carbocycles. The Labute approximate surface area is 291 Å². The van der Waals surface area contributed by atoms with Crippen molar-refractivity contribution in [1.82, 2.24) is 20.5 Å². The zero-order chi connectivity index (χ0) is 37.3. The van der Waals surface area contributed by atoms with Crippen LogP contribution in [0.15, 0.2) is 47.3 Å². The summed E-state index contributed by atoms with van der Waals surface area (Å²) in [6.45, 7) is 3.77. The van der Waals surface area contributed by atoms with E-state index >= 15 is 0 Å². The molecule has 278 valence electrons. The summed E-state index contributed by atoms with van der Waals surface area (Å²) in [4.78, 5) is 47.3. The molecule has 2 aromatic carbocycles. The fraction of sp³-hybridized carbons (Fsp3) is 0.484. The second-order valence-corrected chi connectivity index (χ2v) is 12.9. The van der Waals surface area contributed by atoms with Gasteiger partial charge in [-0.3, -0.25) is 9.59 Å². The minimum absolute atomic E-state index is 0.106. The van der Waals surface area contributed by atoms with Gasteiger partial charge in [0.05, 0.1) is 4.70 Å². The number of carboxylic acids is 2. The summed E-state index contributed by atoms with van der Waals surface area (Å²) in [6.07, 6.45) is -5.79. The van der Waals surface area contributed by atoms with Gasteiger partial charge in [-0.25, -0.2) is 9.59 Å². The molecule has 0 spiro atoms. The lowest BCUT2D eigenvalue weighted by atomic mass is 10.1. The van der Waals surface area contributed by atoms with Gasteiger partial charge in [0.2, 0.25) is 5.91 Å². The Morgan fingerprint density at radius 1 is 0.840 bits per heavy atom. The Balaban J connectivity index is 0.000000521. The Kier molecular flexibility index (Phi) is 17.6. The number of nitrogens with zero attached hydrogens (tertiary/aromatic N) is 1. The van der Waals surface area contributed by atoms with Crippen LogP contribution < -0.4 is 15.5 Å². The average molecular weight is 757 g/mol. The third-order valence-electron chi connectivity index (χ3n) is 7.13. The molecule has 1 amide bonds. The predicted octanol–water partition coefficient (Wildman–Crippen LogP) is 4.64. The standard InChI is InChI=1S/C27H36N4O3S2.2C2HF3O2/c32-23-7-6-21(26-25(23)30-27(34)36-26)9-14-29-16-17-31(22-11-18-35-19-12-22)24(33)10-15-28-13-8-20-4-2-1-3-5-20;2*3-2(4,5)1(6)7/h1-7,22,28-29,32H,8-19H2,(H,30,34);2*(H,6,7). The molecule has 1 saturated heterocycles. The third-order valence-corrected chi connectivity index (χ3v) is 9.13. The SMILES string of the molecule is O=C(CCNCCc1ccccc1)N(CCNCCc1ccc(O)c2[nH]c(=O)sc12)C1CCSCC1.O=C(O)C(F)(F)F.O=C(O)C(F)(F)F. The van der Waals surface area contributed by atoms with Crippen LogP contribution >= 0.6 is 23.1 Å². The Bertz CT molecular complexity index is 1540. The lowest BCUT2D eigenvalue weighted by molar-refractivity contribution is -0.193. The molecule has 0 atom stereocenters. The second kappa shape index (κ2) is 20.8. The van der Waals surface area contributed by atoms with Crippen molar-refractivity contribution in [3.05, 3.63) is 63.3 Å². The van der Waals surface area contributed by atoms with Gasteiger partial charge in [-0.15, -0.1) is 0 Å². The lowest BCUT2D eigenvalue weighted by Gasteiger charge is -2.34. The number of aromatic nitrogens is 1. The molecule has 3 aromatic rings. The summed E-state index contributed by atoms with van der Waals surface area (Å²) in [5.41, 5.74) is 2.87. The molecule has 50 heavy (non-hydrogen) atoms. The van der Waals surface area contributed by atoms with Gasteiger partial charge in [0.25, 0.3) is 0 Å². The number of hydrogen-bond donors (Lipinski definition) is 6. The molecular formula is C31H38F6N4O7S2. The molecule has 0 radical (unpaired) electrons. The van der Waals surface area contributed by atoms with Crippen molar-refractivity contribution < 1.29 is 56.0 Å². The van der Waals surface area contributed by atoms with Gasteiger partial charge in [0.1, 0.15) is 11.3 Å². The van der Waals surface area contributed by atoms with E-state index in [-0.39, 0.29) is 16.5 Å². The van der Waals surface area contributed by atoms with E-state index in [2.05, 4.69) is 44.8 Å². The number of aromatic amines is 1. The number of carbonyl (C=O) groups is 3. The van der Waals surface area contributed by atoms with Gasteiger partial charge < -0.3 is 35.8 Å². The molecular weight excluding hydrogens is 718 g/mol. The minimum Gasteiger partial charge on any atom is -0.506 e. The fourth-order valence-electron chi connectivity index (χ4n) is 4.67. The first-order chi connectivity index (χ1) is 23.5. The average Bonchev–Trinajstić information content (AvgIpc) is 3.46. The van der Waals surface area contributed by atoms with E-state index in [1.807, 2.05) is 23.9 Å². The minimum atomic E-state index is -5.08. The summed E-state index contributed by atoms with van der Waals surface area (Å²) in [6, 6.07) is 14.3. The molecule has 0 bridgehead atoms. The number of aromatic hydroxyl groups is 1. The highest BCUT2D eigenvalue weighted by molar-refractivity contribution is 7.99. The topological polar surface area (TPSA) is 172 Å². The van der Waals surface area contributed by atoms with Crippen molar-refractivity contribution >= 4 is 51.2 Å². The summed E-state index contributed by atoms with van der Waals surface area (Å²) in [5.74, 6) is -2.94. The van der Waals surface area contributed by atoms with Crippen LogP contribution in [0.4, 0.5) is 26.3 Å². The highest BCUT2D eigenvalue weighted by Gasteiger charge is 2.39. The number of benzene rings is 2. The largest absolute Gasteiger partial charge is 0.506 e. The van der Waals surface area contributed by atoms with Gasteiger partial charge in [0, 0.05) is 32.1 Å². The van der Waals surface area contributed by atoms with Gasteiger partial charge in [-0.05, 0) is 67.5 Å². The molecule has 11 nitrogen and oxygen atoms in total. The van der Waals surface area contributed by atoms with Gasteiger partial charge >= 0.3 is 29.2 Å². The van der Waals surface area contributed by atoms with Crippen molar-refractivity contribution in [2.24, 2.45) is 0 Å². The number of alkyl halides is 6. The third kappa shape index (κ3) is 15.4. The number of nitrogens with one attached hydrogen (secondary N) is 3. The van der Waals surface area contributed by atoms with Gasteiger partial charge in [0.15, 0.2) is 0 Å². The first-order valence-corrected chi connectivity index (χ1v) is 17.2. The Hall–Kier alpha value is -3.81. The van der Waals surface area contributed by atoms with Crippen LogP contribution in [0, 0.1) is 0 Å². The van der Waals surface area contributed by atoms with E-state index in [1.165, 1.54) is 5.56 Å². The molecule has 19 heteroatoms.